The summed E-state index contributed by atoms with van der Waals surface area (Å²) >= 11 is 0. The van der Waals surface area contributed by atoms with Gasteiger partial charge in [-0.25, -0.2) is 13.1 Å². The number of sulfonamides is 1. The highest BCUT2D eigenvalue weighted by Gasteiger charge is 2.42. The molecule has 0 aliphatic carbocycles. The standard InChI is InChI=1S/C24H23N3O3S/c1-16-6-8-17(9-7-16)18-10-12-20(13-11-18)31(29,30)26-19-14-23-24(28)25-21-4-2-3-5-22(21)27(23)15-19/h2-13,19,23,26H,14-15H2,1H3,(H,25,28). The molecule has 2 aliphatic rings. The molecular formula is C24H23N3O3S. The SMILES string of the molecule is Cc1ccc(-c2ccc(S(=O)(=O)NC3CC4C(=O)Nc5ccccc5N4C3)cc2)cc1. The second kappa shape index (κ2) is 7.51. The van der Waals surface area contributed by atoms with Gasteiger partial charge in [0.1, 0.15) is 6.04 Å². The van der Waals surface area contributed by atoms with E-state index in [0.717, 1.165) is 22.5 Å². The molecule has 2 atom stereocenters. The molecule has 31 heavy (non-hydrogen) atoms. The Kier molecular flexibility index (Phi) is 4.79. The number of nitrogens with zero attached hydrogens (tertiary/aromatic N) is 1. The highest BCUT2D eigenvalue weighted by Crippen LogP contribution is 2.36. The largest absolute Gasteiger partial charge is 0.356 e. The molecule has 158 valence electrons. The van der Waals surface area contributed by atoms with Crippen LogP contribution >= 0.6 is 0 Å². The Balaban J connectivity index is 1.33. The van der Waals surface area contributed by atoms with E-state index in [0.29, 0.717) is 13.0 Å². The van der Waals surface area contributed by atoms with E-state index in [1.807, 2.05) is 72.5 Å². The Morgan fingerprint density at radius 1 is 0.935 bits per heavy atom. The van der Waals surface area contributed by atoms with E-state index in [1.165, 1.54) is 5.56 Å². The van der Waals surface area contributed by atoms with Crippen molar-refractivity contribution >= 4 is 27.3 Å². The van der Waals surface area contributed by atoms with Crippen molar-refractivity contribution in [1.82, 2.24) is 4.72 Å². The molecule has 2 heterocycles. The van der Waals surface area contributed by atoms with Crippen molar-refractivity contribution in [2.24, 2.45) is 0 Å². The van der Waals surface area contributed by atoms with Gasteiger partial charge in [-0.2, -0.15) is 0 Å². The summed E-state index contributed by atoms with van der Waals surface area (Å²) < 4.78 is 28.8. The first kappa shape index (κ1) is 19.8. The minimum atomic E-state index is -3.70. The van der Waals surface area contributed by atoms with Crippen LogP contribution in [0.5, 0.6) is 0 Å². The number of carbonyl (C=O) groups is 1. The Morgan fingerprint density at radius 3 is 2.29 bits per heavy atom. The van der Waals surface area contributed by atoms with Gasteiger partial charge in [-0.1, -0.05) is 54.1 Å². The Bertz CT molecular complexity index is 1240. The highest BCUT2D eigenvalue weighted by molar-refractivity contribution is 7.89. The zero-order valence-corrected chi connectivity index (χ0v) is 17.9. The minimum absolute atomic E-state index is 0.0946. The summed E-state index contributed by atoms with van der Waals surface area (Å²) in [7, 11) is -3.70. The quantitative estimate of drug-likeness (QED) is 0.660. The summed E-state index contributed by atoms with van der Waals surface area (Å²) in [5.74, 6) is -0.0946. The third-order valence-electron chi connectivity index (χ3n) is 5.95. The van der Waals surface area contributed by atoms with Crippen LogP contribution in [0.3, 0.4) is 0 Å². The number of amides is 1. The predicted molar refractivity (Wildman–Crippen MR) is 122 cm³/mol. The summed E-state index contributed by atoms with van der Waals surface area (Å²) in [6.07, 6.45) is 0.431. The maximum Gasteiger partial charge on any atom is 0.247 e. The normalized spacial score (nSPS) is 20.2. The van der Waals surface area contributed by atoms with E-state index in [4.69, 9.17) is 0 Å². The number of hydrogen-bond donors (Lipinski definition) is 2. The van der Waals surface area contributed by atoms with Crippen LogP contribution in [-0.4, -0.2) is 33.0 Å². The van der Waals surface area contributed by atoms with Crippen LogP contribution in [0.25, 0.3) is 11.1 Å². The average Bonchev–Trinajstić information content (AvgIpc) is 3.18. The number of carbonyl (C=O) groups excluding carboxylic acids is 1. The van der Waals surface area contributed by atoms with E-state index >= 15 is 0 Å². The molecular weight excluding hydrogens is 410 g/mol. The number of anilines is 2. The van der Waals surface area contributed by atoms with Crippen molar-refractivity contribution in [3.05, 3.63) is 78.4 Å². The molecule has 2 aliphatic heterocycles. The lowest BCUT2D eigenvalue weighted by atomic mass is 10.0. The maximum atomic E-state index is 13.0. The predicted octanol–water partition coefficient (Wildman–Crippen LogP) is 3.54. The molecule has 0 aromatic heterocycles. The van der Waals surface area contributed by atoms with Crippen molar-refractivity contribution in [3.8, 4) is 11.1 Å². The summed E-state index contributed by atoms with van der Waals surface area (Å²) in [5.41, 5.74) is 4.87. The fraction of sp³-hybridized carbons (Fsp3) is 0.208. The van der Waals surface area contributed by atoms with Crippen molar-refractivity contribution in [2.45, 2.75) is 30.3 Å². The second-order valence-electron chi connectivity index (χ2n) is 8.12. The molecule has 1 fully saturated rings. The van der Waals surface area contributed by atoms with Crippen molar-refractivity contribution in [2.75, 3.05) is 16.8 Å². The van der Waals surface area contributed by atoms with Crippen molar-refractivity contribution in [3.63, 3.8) is 0 Å². The molecule has 2 unspecified atom stereocenters. The summed E-state index contributed by atoms with van der Waals surface area (Å²) in [6.45, 7) is 2.48. The third-order valence-corrected chi connectivity index (χ3v) is 7.48. The Hall–Kier alpha value is -3.16. The van der Waals surface area contributed by atoms with Crippen LogP contribution in [0.4, 0.5) is 11.4 Å². The summed E-state index contributed by atoms with van der Waals surface area (Å²) in [4.78, 5) is 14.7. The second-order valence-corrected chi connectivity index (χ2v) is 9.83. The third kappa shape index (κ3) is 3.71. The van der Waals surface area contributed by atoms with E-state index in [9.17, 15) is 13.2 Å². The first-order valence-electron chi connectivity index (χ1n) is 10.3. The number of benzene rings is 3. The molecule has 0 saturated carbocycles. The van der Waals surface area contributed by atoms with Gasteiger partial charge in [-0.15, -0.1) is 0 Å². The average molecular weight is 434 g/mol. The van der Waals surface area contributed by atoms with Gasteiger partial charge >= 0.3 is 0 Å². The first-order chi connectivity index (χ1) is 14.9. The molecule has 3 aromatic carbocycles. The molecule has 1 saturated heterocycles. The highest BCUT2D eigenvalue weighted by atomic mass is 32.2. The fourth-order valence-electron chi connectivity index (χ4n) is 4.34. The topological polar surface area (TPSA) is 78.5 Å². The zero-order chi connectivity index (χ0) is 21.6. The lowest BCUT2D eigenvalue weighted by molar-refractivity contribution is -0.117. The van der Waals surface area contributed by atoms with Crippen LogP contribution < -0.4 is 14.9 Å². The van der Waals surface area contributed by atoms with Gasteiger partial charge in [-0.05, 0) is 48.7 Å². The number of nitrogens with one attached hydrogen (secondary N) is 2. The molecule has 1 amide bonds. The summed E-state index contributed by atoms with van der Waals surface area (Å²) in [6, 6.07) is 21.9. The molecule has 2 N–H and O–H groups in total. The van der Waals surface area contributed by atoms with E-state index in [2.05, 4.69) is 10.0 Å². The Morgan fingerprint density at radius 2 is 1.58 bits per heavy atom. The van der Waals surface area contributed by atoms with Crippen molar-refractivity contribution in [1.29, 1.82) is 0 Å². The van der Waals surface area contributed by atoms with Gasteiger partial charge in [0.25, 0.3) is 0 Å². The molecule has 7 heteroatoms. The number of para-hydroxylation sites is 2. The smallest absolute Gasteiger partial charge is 0.247 e. The minimum Gasteiger partial charge on any atom is -0.356 e. The number of hydrogen-bond acceptors (Lipinski definition) is 4. The molecule has 0 radical (unpaired) electrons. The van der Waals surface area contributed by atoms with Crippen LogP contribution in [0.1, 0.15) is 12.0 Å². The number of rotatable bonds is 4. The monoisotopic (exact) mass is 433 g/mol. The van der Waals surface area contributed by atoms with E-state index in [1.54, 1.807) is 12.1 Å². The van der Waals surface area contributed by atoms with Gasteiger partial charge in [0.05, 0.1) is 16.3 Å². The van der Waals surface area contributed by atoms with Crippen LogP contribution in [0.2, 0.25) is 0 Å². The fourth-order valence-corrected chi connectivity index (χ4v) is 5.58. The van der Waals surface area contributed by atoms with Gasteiger partial charge in [0.2, 0.25) is 15.9 Å². The maximum absolute atomic E-state index is 13.0. The van der Waals surface area contributed by atoms with Crippen LogP contribution in [-0.2, 0) is 14.8 Å². The lowest BCUT2D eigenvalue weighted by Gasteiger charge is -2.32. The lowest BCUT2D eigenvalue weighted by Crippen LogP contribution is -2.44. The molecule has 5 rings (SSSR count). The molecule has 0 spiro atoms. The number of aryl methyl sites for hydroxylation is 1. The first-order valence-corrected chi connectivity index (χ1v) is 11.7. The van der Waals surface area contributed by atoms with Crippen molar-refractivity contribution < 1.29 is 13.2 Å². The van der Waals surface area contributed by atoms with E-state index in [-0.39, 0.29) is 22.9 Å². The number of fused-ring (bicyclic) bond motifs is 3. The van der Waals surface area contributed by atoms with E-state index < -0.39 is 10.0 Å². The molecule has 6 nitrogen and oxygen atoms in total. The molecule has 3 aromatic rings. The van der Waals surface area contributed by atoms with Crippen LogP contribution in [0, 0.1) is 6.92 Å². The van der Waals surface area contributed by atoms with Gasteiger partial charge in [-0.3, -0.25) is 4.79 Å². The molecule has 0 bridgehead atoms. The Labute approximate surface area is 182 Å². The van der Waals surface area contributed by atoms with Gasteiger partial charge < -0.3 is 10.2 Å². The summed E-state index contributed by atoms with van der Waals surface area (Å²) in [5, 5.41) is 2.91. The zero-order valence-electron chi connectivity index (χ0n) is 17.1. The van der Waals surface area contributed by atoms with Gasteiger partial charge in [0.15, 0.2) is 0 Å². The van der Waals surface area contributed by atoms with Gasteiger partial charge in [0, 0.05) is 12.6 Å². The van der Waals surface area contributed by atoms with Crippen LogP contribution in [0.15, 0.2) is 77.7 Å².